The van der Waals surface area contributed by atoms with E-state index in [4.69, 9.17) is 10.00 Å². The van der Waals surface area contributed by atoms with Crippen molar-refractivity contribution in [1.29, 1.82) is 5.26 Å². The maximum absolute atomic E-state index is 9.16. The third-order valence-corrected chi connectivity index (χ3v) is 3.54. The fourth-order valence-electron chi connectivity index (χ4n) is 2.48. The van der Waals surface area contributed by atoms with E-state index in [1.54, 1.807) is 0 Å². The Bertz CT molecular complexity index is 277. The largest absolute Gasteiger partial charge is 0.376 e. The highest BCUT2D eigenvalue weighted by atomic mass is 16.5. The summed E-state index contributed by atoms with van der Waals surface area (Å²) in [5.74, 6) is 0. The zero-order chi connectivity index (χ0) is 13.4. The van der Waals surface area contributed by atoms with Crippen molar-refractivity contribution in [2.45, 2.75) is 51.7 Å². The van der Waals surface area contributed by atoms with Crippen LogP contribution in [-0.4, -0.2) is 49.3 Å². The van der Waals surface area contributed by atoms with E-state index in [0.29, 0.717) is 6.10 Å². The van der Waals surface area contributed by atoms with E-state index < -0.39 is 0 Å². The van der Waals surface area contributed by atoms with Crippen LogP contribution in [0.2, 0.25) is 0 Å². The minimum absolute atomic E-state index is 0.354. The summed E-state index contributed by atoms with van der Waals surface area (Å²) in [6, 6.07) is 2.38. The molecule has 4 heteroatoms. The summed E-state index contributed by atoms with van der Waals surface area (Å²) < 4.78 is 5.52. The number of rotatable bonds is 7. The molecule has 4 nitrogen and oxygen atoms in total. The average Bonchev–Trinajstić information content (AvgIpc) is 2.35. The summed E-state index contributed by atoms with van der Waals surface area (Å²) in [5, 5.41) is 12.4. The molecule has 0 aromatic rings. The molecule has 0 spiro atoms. The predicted molar refractivity (Wildman–Crippen MR) is 73.4 cm³/mol. The molecule has 1 saturated heterocycles. The van der Waals surface area contributed by atoms with E-state index in [2.05, 4.69) is 23.2 Å². The van der Waals surface area contributed by atoms with Crippen LogP contribution in [0.4, 0.5) is 0 Å². The van der Waals surface area contributed by atoms with Gasteiger partial charge in [0.1, 0.15) is 5.54 Å². The average molecular weight is 253 g/mol. The molecular weight excluding hydrogens is 226 g/mol. The van der Waals surface area contributed by atoms with Gasteiger partial charge in [0.25, 0.3) is 0 Å². The van der Waals surface area contributed by atoms with Gasteiger partial charge in [-0.05, 0) is 46.2 Å². The van der Waals surface area contributed by atoms with Gasteiger partial charge in [-0.15, -0.1) is 0 Å². The lowest BCUT2D eigenvalue weighted by Crippen LogP contribution is -2.42. The second-order valence-corrected chi connectivity index (χ2v) is 5.41. The van der Waals surface area contributed by atoms with Crippen molar-refractivity contribution in [2.24, 2.45) is 0 Å². The van der Waals surface area contributed by atoms with E-state index in [1.807, 2.05) is 13.8 Å². The van der Waals surface area contributed by atoms with Gasteiger partial charge in [0, 0.05) is 13.1 Å². The van der Waals surface area contributed by atoms with Gasteiger partial charge in [0.15, 0.2) is 0 Å². The molecule has 0 bridgehead atoms. The Morgan fingerprint density at radius 1 is 1.50 bits per heavy atom. The molecule has 1 fully saturated rings. The fourth-order valence-corrected chi connectivity index (χ4v) is 2.48. The van der Waals surface area contributed by atoms with Crippen molar-refractivity contribution >= 4 is 0 Å². The minimum Gasteiger partial charge on any atom is -0.376 e. The van der Waals surface area contributed by atoms with Crippen LogP contribution in [0.5, 0.6) is 0 Å². The summed E-state index contributed by atoms with van der Waals surface area (Å²) in [7, 11) is 0. The topological polar surface area (TPSA) is 48.3 Å². The van der Waals surface area contributed by atoms with Crippen LogP contribution in [0, 0.1) is 11.3 Å². The maximum atomic E-state index is 9.16. The first-order valence-electron chi connectivity index (χ1n) is 7.10. The second kappa shape index (κ2) is 7.73. The fraction of sp³-hybridized carbons (Fsp3) is 0.929. The quantitative estimate of drug-likeness (QED) is 0.703. The highest BCUT2D eigenvalue weighted by Crippen LogP contribution is 2.14. The van der Waals surface area contributed by atoms with Gasteiger partial charge in [-0.25, -0.2) is 0 Å². The normalized spacial score (nSPS) is 24.4. The highest BCUT2D eigenvalue weighted by molar-refractivity contribution is 5.03. The molecule has 0 aromatic carbocycles. The molecular formula is C14H27N3O. The standard InChI is InChI=1S/C14H27N3O/c1-4-16-14(3,12-15)7-5-6-8-17-9-10-18-13(2)11-17/h13,16H,4-11H2,1-3H3. The number of morpholine rings is 1. The summed E-state index contributed by atoms with van der Waals surface area (Å²) in [4.78, 5) is 2.46. The van der Waals surface area contributed by atoms with Crippen LogP contribution in [0.3, 0.4) is 0 Å². The molecule has 18 heavy (non-hydrogen) atoms. The van der Waals surface area contributed by atoms with Gasteiger partial charge >= 0.3 is 0 Å². The second-order valence-electron chi connectivity index (χ2n) is 5.41. The zero-order valence-corrected chi connectivity index (χ0v) is 12.0. The summed E-state index contributed by atoms with van der Waals surface area (Å²) >= 11 is 0. The first-order chi connectivity index (χ1) is 8.59. The molecule has 1 aliphatic heterocycles. The van der Waals surface area contributed by atoms with Crippen molar-refractivity contribution < 1.29 is 4.74 Å². The van der Waals surface area contributed by atoms with E-state index in [-0.39, 0.29) is 5.54 Å². The molecule has 0 radical (unpaired) electrons. The van der Waals surface area contributed by atoms with Crippen LogP contribution in [-0.2, 0) is 4.74 Å². The maximum Gasteiger partial charge on any atom is 0.103 e. The molecule has 2 atom stereocenters. The lowest BCUT2D eigenvalue weighted by molar-refractivity contribution is -0.0186. The van der Waals surface area contributed by atoms with Gasteiger partial charge < -0.3 is 4.74 Å². The van der Waals surface area contributed by atoms with Crippen LogP contribution in [0.1, 0.15) is 40.0 Å². The minimum atomic E-state index is -0.354. The van der Waals surface area contributed by atoms with Crippen molar-refractivity contribution in [1.82, 2.24) is 10.2 Å². The van der Waals surface area contributed by atoms with E-state index in [9.17, 15) is 0 Å². The molecule has 1 N–H and O–H groups in total. The third-order valence-electron chi connectivity index (χ3n) is 3.54. The first-order valence-corrected chi connectivity index (χ1v) is 7.10. The number of ether oxygens (including phenoxy) is 1. The Balaban J connectivity index is 2.16. The Morgan fingerprint density at radius 2 is 2.28 bits per heavy atom. The number of nitriles is 1. The monoisotopic (exact) mass is 253 g/mol. The van der Waals surface area contributed by atoms with Crippen LogP contribution in [0.15, 0.2) is 0 Å². The van der Waals surface area contributed by atoms with Crippen LogP contribution >= 0.6 is 0 Å². The Morgan fingerprint density at radius 3 is 2.89 bits per heavy atom. The third kappa shape index (κ3) is 5.34. The molecule has 0 aromatic heterocycles. The molecule has 0 amide bonds. The Labute approximate surface area is 111 Å². The molecule has 2 unspecified atom stereocenters. The zero-order valence-electron chi connectivity index (χ0n) is 12.0. The number of hydrogen-bond donors (Lipinski definition) is 1. The number of hydrogen-bond acceptors (Lipinski definition) is 4. The smallest absolute Gasteiger partial charge is 0.103 e. The van der Waals surface area contributed by atoms with Gasteiger partial charge in [0.2, 0.25) is 0 Å². The predicted octanol–water partition coefficient (Wildman–Crippen LogP) is 1.77. The van der Waals surface area contributed by atoms with E-state index in [0.717, 1.165) is 52.0 Å². The van der Waals surface area contributed by atoms with Crippen LogP contribution in [0.25, 0.3) is 0 Å². The first kappa shape index (κ1) is 15.4. The van der Waals surface area contributed by atoms with Crippen molar-refractivity contribution in [3.63, 3.8) is 0 Å². The lowest BCUT2D eigenvalue weighted by Gasteiger charge is -2.31. The molecule has 1 aliphatic rings. The molecule has 1 rings (SSSR count). The summed E-state index contributed by atoms with van der Waals surface area (Å²) in [6.45, 7) is 11.1. The van der Waals surface area contributed by atoms with Crippen molar-refractivity contribution in [3.8, 4) is 6.07 Å². The lowest BCUT2D eigenvalue weighted by atomic mass is 9.96. The number of nitrogens with zero attached hydrogens (tertiary/aromatic N) is 2. The molecule has 0 aliphatic carbocycles. The van der Waals surface area contributed by atoms with E-state index in [1.165, 1.54) is 0 Å². The SMILES string of the molecule is CCNC(C)(C#N)CCCCN1CCOC(C)C1. The molecule has 0 saturated carbocycles. The van der Waals surface area contributed by atoms with Gasteiger partial charge in [-0.2, -0.15) is 5.26 Å². The molecule has 104 valence electrons. The van der Waals surface area contributed by atoms with Gasteiger partial charge in [-0.1, -0.05) is 6.92 Å². The van der Waals surface area contributed by atoms with Crippen molar-refractivity contribution in [3.05, 3.63) is 0 Å². The van der Waals surface area contributed by atoms with Crippen LogP contribution < -0.4 is 5.32 Å². The van der Waals surface area contributed by atoms with Gasteiger partial charge in [0.05, 0.1) is 18.8 Å². The Hall–Kier alpha value is -0.630. The highest BCUT2D eigenvalue weighted by Gasteiger charge is 2.22. The number of nitrogens with one attached hydrogen (secondary N) is 1. The summed E-state index contributed by atoms with van der Waals surface area (Å²) in [6.07, 6.45) is 3.56. The van der Waals surface area contributed by atoms with E-state index >= 15 is 0 Å². The summed E-state index contributed by atoms with van der Waals surface area (Å²) in [5.41, 5.74) is -0.354. The van der Waals surface area contributed by atoms with Gasteiger partial charge in [-0.3, -0.25) is 10.2 Å². The Kier molecular flexibility index (Phi) is 6.62. The number of unbranched alkanes of at least 4 members (excludes halogenated alkanes) is 1. The molecule has 1 heterocycles. The van der Waals surface area contributed by atoms with Crippen molar-refractivity contribution in [2.75, 3.05) is 32.8 Å².